The molecule has 1 aromatic carbocycles. The van der Waals surface area contributed by atoms with E-state index in [9.17, 15) is 0 Å². The minimum atomic E-state index is 0.639. The number of benzene rings is 1. The van der Waals surface area contributed by atoms with Gasteiger partial charge < -0.3 is 15.1 Å². The van der Waals surface area contributed by atoms with Crippen LogP contribution in [-0.4, -0.2) is 41.1 Å². The first-order valence-electron chi connectivity index (χ1n) is 8.99. The van der Waals surface area contributed by atoms with Gasteiger partial charge in [-0.2, -0.15) is 0 Å². The first kappa shape index (κ1) is 17.5. The molecule has 0 aliphatic carbocycles. The van der Waals surface area contributed by atoms with Crippen LogP contribution in [0.4, 0.5) is 17.3 Å². The average Bonchev–Trinajstić information content (AvgIpc) is 2.73. The third kappa shape index (κ3) is 4.46. The Morgan fingerprint density at radius 2 is 1.74 bits per heavy atom. The van der Waals surface area contributed by atoms with Gasteiger partial charge in [-0.25, -0.2) is 9.97 Å². The number of aromatic nitrogens is 3. The van der Waals surface area contributed by atoms with Crippen LogP contribution in [0, 0.1) is 0 Å². The van der Waals surface area contributed by atoms with Crippen molar-refractivity contribution in [2.45, 2.75) is 6.54 Å². The van der Waals surface area contributed by atoms with E-state index in [1.807, 2.05) is 42.5 Å². The summed E-state index contributed by atoms with van der Waals surface area (Å²) in [5, 5.41) is 4.09. The molecule has 4 rings (SSSR count). The van der Waals surface area contributed by atoms with Crippen LogP contribution in [0.1, 0.15) is 5.69 Å². The molecular formula is C20H21ClN6. The summed E-state index contributed by atoms with van der Waals surface area (Å²) < 4.78 is 0. The van der Waals surface area contributed by atoms with Crippen LogP contribution >= 0.6 is 11.6 Å². The lowest BCUT2D eigenvalue weighted by Crippen LogP contribution is -2.46. The maximum absolute atomic E-state index is 6.11. The first-order chi connectivity index (χ1) is 13.3. The zero-order valence-electron chi connectivity index (χ0n) is 14.9. The Balaban J connectivity index is 1.37. The van der Waals surface area contributed by atoms with Crippen molar-refractivity contribution in [1.29, 1.82) is 0 Å². The van der Waals surface area contributed by atoms with E-state index in [0.29, 0.717) is 6.54 Å². The van der Waals surface area contributed by atoms with E-state index >= 15 is 0 Å². The van der Waals surface area contributed by atoms with E-state index in [1.165, 1.54) is 5.69 Å². The molecule has 3 heterocycles. The fourth-order valence-corrected chi connectivity index (χ4v) is 3.35. The zero-order valence-corrected chi connectivity index (χ0v) is 15.7. The van der Waals surface area contributed by atoms with Gasteiger partial charge in [-0.3, -0.25) is 4.98 Å². The van der Waals surface area contributed by atoms with Crippen LogP contribution in [0.5, 0.6) is 0 Å². The third-order valence-corrected chi connectivity index (χ3v) is 4.84. The van der Waals surface area contributed by atoms with Crippen molar-refractivity contribution in [2.75, 3.05) is 41.3 Å². The minimum Gasteiger partial charge on any atom is -0.368 e. The van der Waals surface area contributed by atoms with E-state index < -0.39 is 0 Å². The van der Waals surface area contributed by atoms with Gasteiger partial charge in [0.1, 0.15) is 18.0 Å². The predicted molar refractivity (Wildman–Crippen MR) is 109 cm³/mol. The lowest BCUT2D eigenvalue weighted by molar-refractivity contribution is 0.647. The summed E-state index contributed by atoms with van der Waals surface area (Å²) in [4.78, 5) is 17.7. The Morgan fingerprint density at radius 3 is 2.52 bits per heavy atom. The van der Waals surface area contributed by atoms with Crippen LogP contribution < -0.4 is 15.1 Å². The number of rotatable bonds is 5. The second-order valence-corrected chi connectivity index (χ2v) is 6.83. The van der Waals surface area contributed by atoms with Gasteiger partial charge in [0, 0.05) is 49.2 Å². The monoisotopic (exact) mass is 380 g/mol. The molecule has 1 N–H and O–H groups in total. The van der Waals surface area contributed by atoms with Crippen molar-refractivity contribution in [2.24, 2.45) is 0 Å². The number of hydrogen-bond acceptors (Lipinski definition) is 6. The minimum absolute atomic E-state index is 0.639. The van der Waals surface area contributed by atoms with Gasteiger partial charge in [0.2, 0.25) is 0 Å². The summed E-state index contributed by atoms with van der Waals surface area (Å²) in [5.41, 5.74) is 2.15. The molecule has 7 heteroatoms. The lowest BCUT2D eigenvalue weighted by Gasteiger charge is -2.36. The highest BCUT2D eigenvalue weighted by atomic mass is 35.5. The number of pyridine rings is 1. The van der Waals surface area contributed by atoms with Gasteiger partial charge >= 0.3 is 0 Å². The van der Waals surface area contributed by atoms with Crippen molar-refractivity contribution in [1.82, 2.24) is 15.0 Å². The molecule has 138 valence electrons. The Morgan fingerprint density at radius 1 is 0.889 bits per heavy atom. The number of anilines is 3. The molecule has 0 bridgehead atoms. The lowest BCUT2D eigenvalue weighted by atomic mass is 10.2. The predicted octanol–water partition coefficient (Wildman–Crippen LogP) is 3.46. The highest BCUT2D eigenvalue weighted by molar-refractivity contribution is 6.30. The van der Waals surface area contributed by atoms with E-state index in [-0.39, 0.29) is 0 Å². The molecule has 1 saturated heterocycles. The average molecular weight is 381 g/mol. The van der Waals surface area contributed by atoms with Gasteiger partial charge in [-0.1, -0.05) is 23.7 Å². The Labute approximate surface area is 163 Å². The van der Waals surface area contributed by atoms with Crippen molar-refractivity contribution < 1.29 is 0 Å². The number of halogens is 1. The molecule has 1 fully saturated rings. The maximum atomic E-state index is 6.11. The second kappa shape index (κ2) is 8.22. The second-order valence-electron chi connectivity index (χ2n) is 6.39. The highest BCUT2D eigenvalue weighted by Gasteiger charge is 2.19. The quantitative estimate of drug-likeness (QED) is 0.731. The molecule has 0 spiro atoms. The first-order valence-corrected chi connectivity index (χ1v) is 9.37. The fraction of sp³-hybridized carbons (Fsp3) is 0.250. The molecule has 3 aromatic rings. The van der Waals surface area contributed by atoms with Gasteiger partial charge in [0.25, 0.3) is 0 Å². The van der Waals surface area contributed by atoms with Crippen molar-refractivity contribution in [3.05, 3.63) is 71.8 Å². The largest absolute Gasteiger partial charge is 0.368 e. The molecule has 0 saturated carbocycles. The van der Waals surface area contributed by atoms with Crippen LogP contribution in [-0.2, 0) is 6.54 Å². The molecule has 0 atom stereocenters. The number of piperazine rings is 1. The molecule has 0 amide bonds. The normalized spacial score (nSPS) is 14.3. The van der Waals surface area contributed by atoms with Crippen LogP contribution in [0.25, 0.3) is 0 Å². The molecule has 6 nitrogen and oxygen atoms in total. The molecule has 0 unspecified atom stereocenters. The molecule has 1 aliphatic heterocycles. The number of nitrogens with zero attached hydrogens (tertiary/aromatic N) is 5. The van der Waals surface area contributed by atoms with Crippen molar-refractivity contribution in [3.8, 4) is 0 Å². The Bertz CT molecular complexity index is 880. The van der Waals surface area contributed by atoms with Crippen molar-refractivity contribution >= 4 is 28.9 Å². The van der Waals surface area contributed by atoms with E-state index in [1.54, 1.807) is 12.5 Å². The maximum Gasteiger partial charge on any atom is 0.134 e. The SMILES string of the molecule is Clc1cccc(N2CCN(c3cc(NCc4ccccn4)ncn3)CC2)c1. The highest BCUT2D eigenvalue weighted by Crippen LogP contribution is 2.23. The standard InChI is InChI=1S/C20H21ClN6/c21-16-4-3-6-18(12-16)26-8-10-27(11-9-26)20-13-19(24-15-25-20)23-14-17-5-1-2-7-22-17/h1-7,12-13,15H,8-11,14H2,(H,23,24,25). The summed E-state index contributed by atoms with van der Waals surface area (Å²) in [6, 6.07) is 15.9. The number of nitrogens with one attached hydrogen (secondary N) is 1. The topological polar surface area (TPSA) is 57.2 Å². The Hall–Kier alpha value is -2.86. The summed E-state index contributed by atoms with van der Waals surface area (Å²) >= 11 is 6.11. The van der Waals surface area contributed by atoms with E-state index in [2.05, 4.69) is 36.1 Å². The van der Waals surface area contributed by atoms with Crippen molar-refractivity contribution in [3.63, 3.8) is 0 Å². The summed E-state index contributed by atoms with van der Waals surface area (Å²) in [7, 11) is 0. The summed E-state index contributed by atoms with van der Waals surface area (Å²) in [6.45, 7) is 4.31. The smallest absolute Gasteiger partial charge is 0.134 e. The molecule has 0 radical (unpaired) electrons. The molecular weight excluding hydrogens is 360 g/mol. The molecule has 2 aromatic heterocycles. The van der Waals surface area contributed by atoms with E-state index in [0.717, 1.165) is 48.5 Å². The number of hydrogen-bond donors (Lipinski definition) is 1. The summed E-state index contributed by atoms with van der Waals surface area (Å²) in [5.74, 6) is 1.75. The molecule has 1 aliphatic rings. The summed E-state index contributed by atoms with van der Waals surface area (Å²) in [6.07, 6.45) is 3.40. The molecule has 27 heavy (non-hydrogen) atoms. The van der Waals surface area contributed by atoms with Crippen LogP contribution in [0.3, 0.4) is 0 Å². The fourth-order valence-electron chi connectivity index (χ4n) is 3.17. The van der Waals surface area contributed by atoms with Gasteiger partial charge in [0.05, 0.1) is 12.2 Å². The van der Waals surface area contributed by atoms with E-state index in [4.69, 9.17) is 11.6 Å². The van der Waals surface area contributed by atoms with Gasteiger partial charge in [-0.15, -0.1) is 0 Å². The third-order valence-electron chi connectivity index (χ3n) is 4.61. The van der Waals surface area contributed by atoms with Crippen LogP contribution in [0.15, 0.2) is 61.1 Å². The van der Waals surface area contributed by atoms with Crippen LogP contribution in [0.2, 0.25) is 5.02 Å². The van der Waals surface area contributed by atoms with Gasteiger partial charge in [-0.05, 0) is 30.3 Å². The Kier molecular flexibility index (Phi) is 5.34. The van der Waals surface area contributed by atoms with Gasteiger partial charge in [0.15, 0.2) is 0 Å². The zero-order chi connectivity index (χ0) is 18.5.